The zero-order valence-corrected chi connectivity index (χ0v) is 9.57. The number of methoxy groups -OCH3 is 1. The van der Waals surface area contributed by atoms with Crippen LogP contribution in [0.1, 0.15) is 15.9 Å². The molecule has 0 unspecified atom stereocenters. The number of carbonyl (C=O) groups excluding carboxylic acids is 1. The van der Waals surface area contributed by atoms with Crippen molar-refractivity contribution in [2.45, 2.75) is 0 Å². The molecule has 17 heavy (non-hydrogen) atoms. The van der Waals surface area contributed by atoms with E-state index in [2.05, 4.69) is 9.72 Å². The molecule has 88 valence electrons. The minimum absolute atomic E-state index is 0.333. The molecule has 2 aromatic rings. The highest BCUT2D eigenvalue weighted by Crippen LogP contribution is 2.21. The van der Waals surface area contributed by atoms with Gasteiger partial charge in [-0.2, -0.15) is 0 Å². The molecule has 0 aliphatic carbocycles. The lowest BCUT2D eigenvalue weighted by atomic mass is 10.1. The van der Waals surface area contributed by atoms with Crippen molar-refractivity contribution in [2.24, 2.45) is 5.73 Å². The van der Waals surface area contributed by atoms with Crippen LogP contribution in [0.2, 0.25) is 0 Å². The molecule has 0 saturated carbocycles. The van der Waals surface area contributed by atoms with Crippen molar-refractivity contribution in [3.05, 3.63) is 41.6 Å². The summed E-state index contributed by atoms with van der Waals surface area (Å²) in [7, 11) is 1.37. The zero-order valence-electron chi connectivity index (χ0n) is 9.57. The molecule has 0 spiro atoms. The number of ether oxygens (including phenoxy) is 1. The summed E-state index contributed by atoms with van der Waals surface area (Å²) in [5, 5.41) is 1.06. The molecule has 4 nitrogen and oxygen atoms in total. The lowest BCUT2D eigenvalue weighted by molar-refractivity contribution is 0.0601. The minimum Gasteiger partial charge on any atom is -0.465 e. The Morgan fingerprint density at radius 3 is 3.06 bits per heavy atom. The van der Waals surface area contributed by atoms with Crippen molar-refractivity contribution < 1.29 is 9.53 Å². The second-order valence-electron chi connectivity index (χ2n) is 3.63. The number of aromatic nitrogens is 1. The van der Waals surface area contributed by atoms with E-state index in [4.69, 9.17) is 5.73 Å². The van der Waals surface area contributed by atoms with Gasteiger partial charge in [-0.15, -0.1) is 0 Å². The molecule has 0 saturated heterocycles. The Hall–Kier alpha value is -2.07. The quantitative estimate of drug-likeness (QED) is 0.791. The Balaban J connectivity index is 2.44. The second kappa shape index (κ2) is 4.84. The third kappa shape index (κ3) is 2.21. The summed E-state index contributed by atoms with van der Waals surface area (Å²) in [4.78, 5) is 14.5. The third-order valence-electron chi connectivity index (χ3n) is 2.57. The highest BCUT2D eigenvalue weighted by atomic mass is 16.5. The van der Waals surface area contributed by atoms with Crippen molar-refractivity contribution in [3.63, 3.8) is 0 Å². The fraction of sp³-hybridized carbons (Fsp3) is 0.154. The summed E-state index contributed by atoms with van der Waals surface area (Å²) in [6.07, 6.45) is 5.73. The molecule has 0 amide bonds. The first-order valence-electron chi connectivity index (χ1n) is 5.32. The van der Waals surface area contributed by atoms with E-state index < -0.39 is 0 Å². The minimum atomic E-state index is -0.333. The van der Waals surface area contributed by atoms with Crippen LogP contribution in [0.4, 0.5) is 0 Å². The number of H-pyrrole nitrogens is 1. The number of hydrogen-bond donors (Lipinski definition) is 2. The monoisotopic (exact) mass is 230 g/mol. The highest BCUT2D eigenvalue weighted by Gasteiger charge is 2.07. The fourth-order valence-electron chi connectivity index (χ4n) is 1.73. The largest absolute Gasteiger partial charge is 0.465 e. The van der Waals surface area contributed by atoms with Gasteiger partial charge in [0.25, 0.3) is 0 Å². The standard InChI is InChI=1S/C13H14N2O2/c1-17-13(16)9-4-5-11-10(3-2-6-14)8-15-12(11)7-9/h2-5,7-8,15H,6,14H2,1H3. The molecule has 1 heterocycles. The predicted octanol–water partition coefficient (Wildman–Crippen LogP) is 1.93. The van der Waals surface area contributed by atoms with Crippen LogP contribution >= 0.6 is 0 Å². The van der Waals surface area contributed by atoms with Crippen LogP contribution in [0, 0.1) is 0 Å². The SMILES string of the molecule is COC(=O)c1ccc2c(C=CCN)c[nH]c2c1. The van der Waals surface area contributed by atoms with Gasteiger partial charge in [-0.1, -0.05) is 18.2 Å². The van der Waals surface area contributed by atoms with Crippen LogP contribution in [0.5, 0.6) is 0 Å². The molecule has 0 aliphatic rings. The number of nitrogens with two attached hydrogens (primary N) is 1. The average molecular weight is 230 g/mol. The number of carbonyl (C=O) groups is 1. The molecule has 0 atom stereocenters. The van der Waals surface area contributed by atoms with Crippen molar-refractivity contribution in [2.75, 3.05) is 13.7 Å². The van der Waals surface area contributed by atoms with Gasteiger partial charge in [0.05, 0.1) is 12.7 Å². The summed E-state index contributed by atoms with van der Waals surface area (Å²) in [5.74, 6) is -0.333. The van der Waals surface area contributed by atoms with Gasteiger partial charge in [0, 0.05) is 23.6 Å². The van der Waals surface area contributed by atoms with Crippen molar-refractivity contribution in [1.29, 1.82) is 0 Å². The zero-order chi connectivity index (χ0) is 12.3. The number of nitrogens with one attached hydrogen (secondary N) is 1. The van der Waals surface area contributed by atoms with Crippen LogP contribution in [-0.2, 0) is 4.74 Å². The van der Waals surface area contributed by atoms with Crippen LogP contribution < -0.4 is 5.73 Å². The highest BCUT2D eigenvalue weighted by molar-refractivity contribution is 5.96. The molecule has 2 rings (SSSR count). The van der Waals surface area contributed by atoms with Gasteiger partial charge in [-0.3, -0.25) is 0 Å². The van der Waals surface area contributed by atoms with Crippen LogP contribution in [0.15, 0.2) is 30.5 Å². The molecule has 0 bridgehead atoms. The Morgan fingerprint density at radius 2 is 2.35 bits per heavy atom. The maximum Gasteiger partial charge on any atom is 0.337 e. The maximum absolute atomic E-state index is 11.4. The second-order valence-corrected chi connectivity index (χ2v) is 3.63. The van der Waals surface area contributed by atoms with E-state index in [0.717, 1.165) is 16.5 Å². The van der Waals surface area contributed by atoms with Crippen molar-refractivity contribution >= 4 is 22.9 Å². The molecule has 0 radical (unpaired) electrons. The molecule has 4 heteroatoms. The summed E-state index contributed by atoms with van der Waals surface area (Å²) in [5.41, 5.74) is 7.92. The summed E-state index contributed by atoms with van der Waals surface area (Å²) in [6.45, 7) is 0.507. The van der Waals surface area contributed by atoms with Crippen molar-refractivity contribution in [3.8, 4) is 0 Å². The van der Waals surface area contributed by atoms with Crippen LogP contribution in [0.25, 0.3) is 17.0 Å². The Morgan fingerprint density at radius 1 is 1.53 bits per heavy atom. The number of fused-ring (bicyclic) bond motifs is 1. The average Bonchev–Trinajstić information content (AvgIpc) is 2.77. The van der Waals surface area contributed by atoms with E-state index in [1.807, 2.05) is 24.4 Å². The normalized spacial score (nSPS) is 11.2. The van der Waals surface area contributed by atoms with Gasteiger partial charge in [0.2, 0.25) is 0 Å². The first-order chi connectivity index (χ1) is 8.26. The van der Waals surface area contributed by atoms with Gasteiger partial charge in [-0.05, 0) is 17.7 Å². The van der Waals surface area contributed by atoms with Gasteiger partial charge in [0.1, 0.15) is 0 Å². The van der Waals surface area contributed by atoms with Gasteiger partial charge < -0.3 is 15.5 Å². The van der Waals surface area contributed by atoms with E-state index in [1.165, 1.54) is 7.11 Å². The fourth-order valence-corrected chi connectivity index (χ4v) is 1.73. The lowest BCUT2D eigenvalue weighted by Gasteiger charge is -1.99. The van der Waals surface area contributed by atoms with Crippen LogP contribution in [0.3, 0.4) is 0 Å². The van der Waals surface area contributed by atoms with Gasteiger partial charge >= 0.3 is 5.97 Å². The number of esters is 1. The van der Waals surface area contributed by atoms with Crippen LogP contribution in [-0.4, -0.2) is 24.6 Å². The third-order valence-corrected chi connectivity index (χ3v) is 2.57. The molecular weight excluding hydrogens is 216 g/mol. The van der Waals surface area contributed by atoms with E-state index in [1.54, 1.807) is 12.1 Å². The Bertz CT molecular complexity index is 570. The van der Waals surface area contributed by atoms with E-state index in [0.29, 0.717) is 12.1 Å². The lowest BCUT2D eigenvalue weighted by Crippen LogP contribution is -2.00. The summed E-state index contributed by atoms with van der Waals surface area (Å²) < 4.78 is 4.67. The summed E-state index contributed by atoms with van der Waals surface area (Å²) >= 11 is 0. The number of benzene rings is 1. The number of hydrogen-bond acceptors (Lipinski definition) is 3. The Kier molecular flexibility index (Phi) is 3.25. The van der Waals surface area contributed by atoms with Gasteiger partial charge in [0.15, 0.2) is 0 Å². The molecule has 3 N–H and O–H groups in total. The summed E-state index contributed by atoms with van der Waals surface area (Å²) in [6, 6.07) is 5.43. The smallest absolute Gasteiger partial charge is 0.337 e. The van der Waals surface area contributed by atoms with E-state index in [-0.39, 0.29) is 5.97 Å². The van der Waals surface area contributed by atoms with Crippen molar-refractivity contribution in [1.82, 2.24) is 4.98 Å². The maximum atomic E-state index is 11.4. The van der Waals surface area contributed by atoms with E-state index >= 15 is 0 Å². The molecule has 0 aliphatic heterocycles. The van der Waals surface area contributed by atoms with E-state index in [9.17, 15) is 4.79 Å². The number of rotatable bonds is 3. The molecule has 0 fully saturated rings. The first-order valence-corrected chi connectivity index (χ1v) is 5.32. The van der Waals surface area contributed by atoms with Gasteiger partial charge in [-0.25, -0.2) is 4.79 Å². The topological polar surface area (TPSA) is 68.1 Å². The Labute approximate surface area is 99.1 Å². The predicted molar refractivity (Wildman–Crippen MR) is 67.7 cm³/mol. The first kappa shape index (κ1) is 11.4. The number of aromatic amines is 1. The molecule has 1 aromatic carbocycles. The molecular formula is C13H14N2O2. The molecule has 1 aromatic heterocycles.